The van der Waals surface area contributed by atoms with E-state index in [9.17, 15) is 9.59 Å². The van der Waals surface area contributed by atoms with Gasteiger partial charge in [0.25, 0.3) is 5.89 Å². The fourth-order valence-electron chi connectivity index (χ4n) is 3.20. The second-order valence-corrected chi connectivity index (χ2v) is 6.41. The maximum atomic E-state index is 11.7. The summed E-state index contributed by atoms with van der Waals surface area (Å²) >= 11 is 0. The number of hydrogen-bond donors (Lipinski definition) is 2. The number of urea groups is 1. The van der Waals surface area contributed by atoms with Crippen molar-refractivity contribution < 1.29 is 18.8 Å². The van der Waals surface area contributed by atoms with Gasteiger partial charge in [-0.05, 0) is 18.4 Å². The van der Waals surface area contributed by atoms with Gasteiger partial charge < -0.3 is 20.3 Å². The van der Waals surface area contributed by atoms with Crippen molar-refractivity contribution in [3.8, 4) is 11.4 Å². The number of hydrogen-bond acceptors (Lipinski definition) is 7. The Balaban J connectivity index is 1.51. The first-order chi connectivity index (χ1) is 12.6. The van der Waals surface area contributed by atoms with Crippen LogP contribution in [-0.4, -0.2) is 46.7 Å². The van der Waals surface area contributed by atoms with Crippen molar-refractivity contribution in [2.45, 2.75) is 25.0 Å². The fraction of sp³-hybridized carbons (Fsp3) is 0.412. The highest BCUT2D eigenvalue weighted by Gasteiger charge is 2.41. The summed E-state index contributed by atoms with van der Waals surface area (Å²) in [5.74, 6) is 0.617. The van der Waals surface area contributed by atoms with Gasteiger partial charge in [-0.3, -0.25) is 9.69 Å². The van der Waals surface area contributed by atoms with Crippen LogP contribution in [0.3, 0.4) is 0 Å². The Kier molecular flexibility index (Phi) is 4.17. The van der Waals surface area contributed by atoms with Crippen LogP contribution in [0.4, 0.5) is 4.79 Å². The number of amides is 3. The maximum absolute atomic E-state index is 11.7. The van der Waals surface area contributed by atoms with Crippen molar-refractivity contribution in [1.82, 2.24) is 20.4 Å². The molecule has 3 heterocycles. The van der Waals surface area contributed by atoms with Crippen LogP contribution in [0.25, 0.3) is 11.4 Å². The lowest BCUT2D eigenvalue weighted by Crippen LogP contribution is -2.34. The molecule has 1 atom stereocenters. The summed E-state index contributed by atoms with van der Waals surface area (Å²) in [5, 5.41) is 6.53. The summed E-state index contributed by atoms with van der Waals surface area (Å²) in [6.45, 7) is 1.20. The normalized spacial score (nSPS) is 22.9. The summed E-state index contributed by atoms with van der Waals surface area (Å²) in [6.07, 6.45) is 1.67. The lowest BCUT2D eigenvalue weighted by Gasteiger charge is -2.21. The Bertz CT molecular complexity index is 810. The Morgan fingerprint density at radius 3 is 2.69 bits per heavy atom. The Hall–Kier alpha value is -2.78. The molecule has 0 radical (unpaired) electrons. The molecule has 2 fully saturated rings. The predicted molar refractivity (Wildman–Crippen MR) is 89.6 cm³/mol. The van der Waals surface area contributed by atoms with Crippen LogP contribution in [0.1, 0.15) is 24.3 Å². The summed E-state index contributed by atoms with van der Waals surface area (Å²) in [5.41, 5.74) is 6.77. The average molecular weight is 357 g/mol. The highest BCUT2D eigenvalue weighted by atomic mass is 16.5. The molecule has 2 aliphatic rings. The zero-order valence-electron chi connectivity index (χ0n) is 14.1. The quantitative estimate of drug-likeness (QED) is 0.757. The number of benzene rings is 1. The molecule has 1 aromatic heterocycles. The SMILES string of the molecule is NCC1(c2nc(-c3ccc(CN4C(=O)CNC4=O)cc3)no2)CCCO1. The molecule has 2 aromatic rings. The lowest BCUT2D eigenvalue weighted by atomic mass is 10.0. The number of rotatable bonds is 5. The third-order valence-electron chi connectivity index (χ3n) is 4.74. The summed E-state index contributed by atoms with van der Waals surface area (Å²) in [7, 11) is 0. The number of nitrogens with one attached hydrogen (secondary N) is 1. The zero-order chi connectivity index (χ0) is 18.1. The standard InChI is InChI=1S/C17H19N5O4/c18-10-17(6-1-7-25-17)15-20-14(21-26-15)12-4-2-11(3-5-12)9-22-13(23)8-19-16(22)24/h2-5H,1,6-10,18H2,(H,19,24). The van der Waals surface area contributed by atoms with E-state index in [0.29, 0.717) is 24.9 Å². The Morgan fingerprint density at radius 1 is 1.27 bits per heavy atom. The molecule has 2 saturated heterocycles. The molecule has 3 amide bonds. The van der Waals surface area contributed by atoms with Crippen molar-refractivity contribution in [1.29, 1.82) is 0 Å². The molecule has 4 rings (SSSR count). The minimum atomic E-state index is -0.686. The van der Waals surface area contributed by atoms with E-state index in [-0.39, 0.29) is 25.0 Å². The molecule has 9 nitrogen and oxygen atoms in total. The van der Waals surface area contributed by atoms with Crippen molar-refractivity contribution in [2.75, 3.05) is 19.7 Å². The summed E-state index contributed by atoms with van der Waals surface area (Å²) in [4.78, 5) is 28.9. The third-order valence-corrected chi connectivity index (χ3v) is 4.74. The van der Waals surface area contributed by atoms with Crippen LogP contribution in [0.5, 0.6) is 0 Å². The molecule has 0 spiro atoms. The van der Waals surface area contributed by atoms with Gasteiger partial charge in [-0.25, -0.2) is 4.79 Å². The van der Waals surface area contributed by atoms with Crippen LogP contribution < -0.4 is 11.1 Å². The summed E-state index contributed by atoms with van der Waals surface area (Å²) in [6, 6.07) is 6.94. The van der Waals surface area contributed by atoms with E-state index in [1.54, 1.807) is 0 Å². The average Bonchev–Trinajstić information content (AvgIpc) is 3.39. The summed E-state index contributed by atoms with van der Waals surface area (Å²) < 4.78 is 11.1. The monoisotopic (exact) mass is 357 g/mol. The van der Waals surface area contributed by atoms with Crippen molar-refractivity contribution >= 4 is 11.9 Å². The van der Waals surface area contributed by atoms with Gasteiger partial charge in [0.15, 0.2) is 5.60 Å². The second-order valence-electron chi connectivity index (χ2n) is 6.41. The first-order valence-electron chi connectivity index (χ1n) is 8.47. The number of carbonyl (C=O) groups excluding carboxylic acids is 2. The van der Waals surface area contributed by atoms with E-state index in [0.717, 1.165) is 24.0 Å². The number of aromatic nitrogens is 2. The van der Waals surface area contributed by atoms with Crippen LogP contribution in [0, 0.1) is 0 Å². The third kappa shape index (κ3) is 2.85. The predicted octanol–water partition coefficient (Wildman–Crippen LogP) is 0.753. The fourth-order valence-corrected chi connectivity index (χ4v) is 3.20. The topological polar surface area (TPSA) is 124 Å². The highest BCUT2D eigenvalue weighted by molar-refractivity contribution is 6.01. The van der Waals surface area contributed by atoms with Crippen LogP contribution >= 0.6 is 0 Å². The van der Waals surface area contributed by atoms with Crippen LogP contribution in [0.15, 0.2) is 28.8 Å². The molecule has 0 saturated carbocycles. The molecule has 1 unspecified atom stereocenters. The molecular weight excluding hydrogens is 338 g/mol. The highest BCUT2D eigenvalue weighted by Crippen LogP contribution is 2.35. The van der Waals surface area contributed by atoms with Crippen molar-refractivity contribution in [3.05, 3.63) is 35.7 Å². The number of ether oxygens (including phenoxy) is 1. The van der Waals surface area contributed by atoms with E-state index >= 15 is 0 Å². The van der Waals surface area contributed by atoms with E-state index < -0.39 is 5.60 Å². The molecule has 0 bridgehead atoms. The van der Waals surface area contributed by atoms with Gasteiger partial charge in [-0.15, -0.1) is 0 Å². The molecule has 26 heavy (non-hydrogen) atoms. The molecule has 9 heteroatoms. The van der Waals surface area contributed by atoms with E-state index in [1.165, 1.54) is 4.90 Å². The van der Waals surface area contributed by atoms with Crippen LogP contribution in [-0.2, 0) is 21.7 Å². The number of carbonyl (C=O) groups is 2. The van der Waals surface area contributed by atoms with Crippen molar-refractivity contribution in [2.24, 2.45) is 5.73 Å². The van der Waals surface area contributed by atoms with Gasteiger partial charge in [-0.2, -0.15) is 4.98 Å². The number of imide groups is 1. The Labute approximate surface area is 149 Å². The minimum Gasteiger partial charge on any atom is -0.364 e. The van der Waals surface area contributed by atoms with Crippen molar-refractivity contribution in [3.63, 3.8) is 0 Å². The van der Waals surface area contributed by atoms with Gasteiger partial charge in [0.2, 0.25) is 11.7 Å². The molecule has 0 aliphatic carbocycles. The molecule has 1 aromatic carbocycles. The second kappa shape index (κ2) is 6.50. The van der Waals surface area contributed by atoms with Gasteiger partial charge in [0.05, 0.1) is 13.1 Å². The Morgan fingerprint density at radius 2 is 2.08 bits per heavy atom. The van der Waals surface area contributed by atoms with E-state index in [2.05, 4.69) is 15.5 Å². The van der Waals surface area contributed by atoms with Gasteiger partial charge >= 0.3 is 6.03 Å². The number of nitrogens with two attached hydrogens (primary N) is 1. The first-order valence-corrected chi connectivity index (χ1v) is 8.47. The first kappa shape index (κ1) is 16.7. The number of nitrogens with zero attached hydrogens (tertiary/aromatic N) is 3. The molecule has 2 aliphatic heterocycles. The van der Waals surface area contributed by atoms with Gasteiger partial charge in [0, 0.05) is 18.7 Å². The van der Waals surface area contributed by atoms with Gasteiger partial charge in [0.1, 0.15) is 0 Å². The minimum absolute atomic E-state index is 0.0491. The van der Waals surface area contributed by atoms with E-state index in [4.69, 9.17) is 15.0 Å². The lowest BCUT2D eigenvalue weighted by molar-refractivity contribution is -0.125. The van der Waals surface area contributed by atoms with Gasteiger partial charge in [-0.1, -0.05) is 29.4 Å². The largest absolute Gasteiger partial charge is 0.364 e. The van der Waals surface area contributed by atoms with Crippen LogP contribution in [0.2, 0.25) is 0 Å². The van der Waals surface area contributed by atoms with E-state index in [1.807, 2.05) is 24.3 Å². The molecule has 3 N–H and O–H groups in total. The maximum Gasteiger partial charge on any atom is 0.324 e. The molecule has 136 valence electrons. The smallest absolute Gasteiger partial charge is 0.324 e. The zero-order valence-corrected chi connectivity index (χ0v) is 14.1. The molecular formula is C17H19N5O4.